The maximum absolute atomic E-state index is 13.2. The van der Waals surface area contributed by atoms with Gasteiger partial charge in [-0.1, -0.05) is 46.2 Å². The number of aliphatic carboxylic acids is 2. The molecule has 13 heteroatoms. The smallest absolute Gasteiger partial charge is 0.321 e. The first-order valence-corrected chi connectivity index (χ1v) is 12.6. The number of nitrogens with zero attached hydrogens (tertiary/aromatic N) is 4. The van der Waals surface area contributed by atoms with Crippen LogP contribution in [0.5, 0.6) is 5.75 Å². The van der Waals surface area contributed by atoms with Gasteiger partial charge >= 0.3 is 11.9 Å². The first-order chi connectivity index (χ1) is 19.7. The molecule has 0 saturated carbocycles. The van der Waals surface area contributed by atoms with Crippen LogP contribution in [0.1, 0.15) is 28.9 Å². The number of halogens is 1. The normalized spacial score (nSPS) is 11.5. The van der Waals surface area contributed by atoms with E-state index in [1.807, 2.05) is 6.07 Å². The van der Waals surface area contributed by atoms with Crippen LogP contribution in [-0.4, -0.2) is 48.1 Å². The van der Waals surface area contributed by atoms with Gasteiger partial charge in [-0.25, -0.2) is 4.68 Å². The van der Waals surface area contributed by atoms with Gasteiger partial charge in [0.1, 0.15) is 17.9 Å². The van der Waals surface area contributed by atoms with Crippen LogP contribution in [0.15, 0.2) is 76.0 Å². The van der Waals surface area contributed by atoms with Crippen LogP contribution in [0, 0.1) is 5.41 Å². The molecule has 5 aromatic rings. The van der Waals surface area contributed by atoms with E-state index in [0.717, 1.165) is 10.2 Å². The molecule has 2 heterocycles. The minimum atomic E-state index is -2.57. The summed E-state index contributed by atoms with van der Waals surface area (Å²) in [6.07, 6.45) is -1.56. The van der Waals surface area contributed by atoms with Crippen molar-refractivity contribution in [3.8, 4) is 5.75 Å². The largest absolute Gasteiger partial charge is 0.489 e. The fraction of sp³-hybridized carbons (Fsp3) is 0.179. The van der Waals surface area contributed by atoms with Crippen molar-refractivity contribution >= 4 is 51.2 Å². The molecule has 0 bridgehead atoms. The van der Waals surface area contributed by atoms with Gasteiger partial charge in [-0.15, -0.1) is 5.10 Å². The van der Waals surface area contributed by atoms with Crippen molar-refractivity contribution in [2.24, 2.45) is 5.41 Å². The van der Waals surface area contributed by atoms with E-state index >= 15 is 0 Å². The number of carboxylic acid groups (broad SMARTS) is 2. The van der Waals surface area contributed by atoms with Crippen molar-refractivity contribution in [3.63, 3.8) is 0 Å². The highest BCUT2D eigenvalue weighted by Gasteiger charge is 2.49. The average molecular weight is 577 g/mol. The second kappa shape index (κ2) is 11.2. The van der Waals surface area contributed by atoms with Crippen molar-refractivity contribution in [3.05, 3.63) is 93.4 Å². The number of hydrogen-bond donors (Lipinski definition) is 2. The Bertz CT molecular complexity index is 1850. The third-order valence-electron chi connectivity index (χ3n) is 6.66. The number of carboxylic acids is 2. The van der Waals surface area contributed by atoms with Gasteiger partial charge < -0.3 is 19.5 Å². The average Bonchev–Trinajstić information content (AvgIpc) is 3.38. The molecule has 0 spiro atoms. The van der Waals surface area contributed by atoms with Crippen molar-refractivity contribution < 1.29 is 33.9 Å². The molecule has 0 aliphatic rings. The lowest BCUT2D eigenvalue weighted by atomic mass is 9.79. The summed E-state index contributed by atoms with van der Waals surface area (Å²) in [5, 5.41) is 32.4. The van der Waals surface area contributed by atoms with Crippen LogP contribution in [0.4, 0.5) is 0 Å². The number of hydrogen-bond acceptors (Lipinski definition) is 9. The van der Waals surface area contributed by atoms with Crippen molar-refractivity contribution in [1.29, 1.82) is 0 Å². The summed E-state index contributed by atoms with van der Waals surface area (Å²) >= 11 is 6.00. The van der Waals surface area contributed by atoms with Crippen LogP contribution >= 0.6 is 11.6 Å². The maximum Gasteiger partial charge on any atom is 0.321 e. The molecule has 208 valence electrons. The molecule has 0 saturated heterocycles. The molecule has 2 aromatic heterocycles. The summed E-state index contributed by atoms with van der Waals surface area (Å²) in [5.41, 5.74) is -2.01. The molecular formula is C28H21ClN4O8. The van der Waals surface area contributed by atoms with E-state index in [0.29, 0.717) is 16.3 Å². The minimum absolute atomic E-state index is 0.186. The highest BCUT2D eigenvalue weighted by atomic mass is 35.5. The van der Waals surface area contributed by atoms with Crippen LogP contribution in [0.3, 0.4) is 0 Å². The van der Waals surface area contributed by atoms with Gasteiger partial charge in [-0.3, -0.25) is 19.2 Å². The van der Waals surface area contributed by atoms with Gasteiger partial charge in [0, 0.05) is 24.1 Å². The van der Waals surface area contributed by atoms with Gasteiger partial charge in [-0.05, 0) is 48.4 Å². The molecule has 0 unspecified atom stereocenters. The van der Waals surface area contributed by atoms with E-state index in [2.05, 4.69) is 15.5 Å². The molecule has 0 aliphatic carbocycles. The summed E-state index contributed by atoms with van der Waals surface area (Å²) in [4.78, 5) is 50.6. The lowest BCUT2D eigenvalue weighted by Crippen LogP contribution is -2.43. The molecule has 0 amide bonds. The Morgan fingerprint density at radius 3 is 2.51 bits per heavy atom. The first kappa shape index (κ1) is 27.5. The van der Waals surface area contributed by atoms with Gasteiger partial charge in [0.05, 0.1) is 10.8 Å². The number of aromatic nitrogens is 4. The number of ether oxygens (including phenoxy) is 1. The molecule has 0 radical (unpaired) electrons. The Morgan fingerprint density at radius 1 is 0.976 bits per heavy atom. The molecule has 0 atom stereocenters. The number of carbonyl (C=O) groups excluding carboxylic acids is 1. The van der Waals surface area contributed by atoms with Gasteiger partial charge in [0.15, 0.2) is 22.5 Å². The van der Waals surface area contributed by atoms with E-state index in [4.69, 9.17) is 20.9 Å². The van der Waals surface area contributed by atoms with Crippen LogP contribution < -0.4 is 10.3 Å². The van der Waals surface area contributed by atoms with Crippen molar-refractivity contribution in [1.82, 2.24) is 20.2 Å². The van der Waals surface area contributed by atoms with Gasteiger partial charge in [0.25, 0.3) is 5.56 Å². The summed E-state index contributed by atoms with van der Waals surface area (Å²) in [7, 11) is 0. The Balaban J connectivity index is 1.36. The lowest BCUT2D eigenvalue weighted by Gasteiger charge is -2.23. The fourth-order valence-corrected chi connectivity index (χ4v) is 4.58. The third-order valence-corrected chi connectivity index (χ3v) is 6.90. The van der Waals surface area contributed by atoms with E-state index in [-0.39, 0.29) is 28.7 Å². The number of Topliss-reactive ketones (excluding diaryl/α,β-unsaturated/α-hetero) is 1. The molecule has 5 rings (SSSR count). The second-order valence-electron chi connectivity index (χ2n) is 9.28. The number of rotatable bonds is 11. The van der Waals surface area contributed by atoms with Crippen LogP contribution in [-0.2, 0) is 22.7 Å². The van der Waals surface area contributed by atoms with Gasteiger partial charge in [-0.2, -0.15) is 0 Å². The number of fused-ring (bicyclic) bond motifs is 2. The zero-order valence-corrected chi connectivity index (χ0v) is 21.9. The highest BCUT2D eigenvalue weighted by Crippen LogP contribution is 2.33. The number of carbonyl (C=O) groups is 3. The highest BCUT2D eigenvalue weighted by molar-refractivity contribution is 6.30. The molecule has 0 aliphatic heterocycles. The van der Waals surface area contributed by atoms with E-state index in [1.54, 1.807) is 42.5 Å². The molecule has 0 fully saturated rings. The minimum Gasteiger partial charge on any atom is -0.489 e. The number of aryl methyl sites for hydroxylation is 1. The summed E-state index contributed by atoms with van der Waals surface area (Å²) in [6.45, 7) is -0.189. The Hall–Kier alpha value is -5.10. The lowest BCUT2D eigenvalue weighted by molar-refractivity contribution is -0.165. The molecule has 41 heavy (non-hydrogen) atoms. The van der Waals surface area contributed by atoms with Crippen molar-refractivity contribution in [2.45, 2.75) is 26.0 Å². The maximum atomic E-state index is 13.2. The second-order valence-corrected chi connectivity index (χ2v) is 9.72. The van der Waals surface area contributed by atoms with E-state index in [9.17, 15) is 29.4 Å². The predicted octanol–water partition coefficient (Wildman–Crippen LogP) is 3.98. The summed E-state index contributed by atoms with van der Waals surface area (Å²) < 4.78 is 11.9. The van der Waals surface area contributed by atoms with E-state index in [1.165, 1.54) is 18.2 Å². The van der Waals surface area contributed by atoms with Crippen LogP contribution in [0.2, 0.25) is 5.02 Å². The monoisotopic (exact) mass is 576 g/mol. The number of ketones is 1. The summed E-state index contributed by atoms with van der Waals surface area (Å²) in [6, 6.07) is 18.1. The molecular weight excluding hydrogens is 556 g/mol. The Morgan fingerprint density at radius 2 is 1.76 bits per heavy atom. The quantitative estimate of drug-likeness (QED) is 0.172. The fourth-order valence-electron chi connectivity index (χ4n) is 4.37. The number of benzene rings is 3. The first-order valence-electron chi connectivity index (χ1n) is 12.3. The predicted molar refractivity (Wildman–Crippen MR) is 145 cm³/mol. The van der Waals surface area contributed by atoms with Crippen molar-refractivity contribution in [2.75, 3.05) is 0 Å². The van der Waals surface area contributed by atoms with Gasteiger partial charge in [0.2, 0.25) is 0 Å². The van der Waals surface area contributed by atoms with Crippen LogP contribution in [0.25, 0.3) is 21.9 Å². The topological polar surface area (TPSA) is 175 Å². The zero-order chi connectivity index (χ0) is 29.1. The van der Waals surface area contributed by atoms with E-state index < -0.39 is 48.1 Å². The molecule has 3 aromatic carbocycles. The standard InChI is InChI=1S/C28H21ClN4O8/c29-17-5-3-4-16(12-17)15-40-18-8-9-20-23(13-18)41-31-24(20)22(34)14-28(26(36)37,27(38)39)10-11-33-25(35)19-6-1-2-7-21(19)30-32-33/h1-9,12-13H,10-11,14-15H2,(H,36,37)(H,38,39). The Labute approximate surface area is 235 Å². The Kier molecular flexibility index (Phi) is 7.49. The molecule has 2 N–H and O–H groups in total. The third kappa shape index (κ3) is 5.50. The zero-order valence-electron chi connectivity index (χ0n) is 21.2. The molecule has 12 nitrogen and oxygen atoms in total. The SMILES string of the molecule is O=C(CC(CCn1nnc2ccccc2c1=O)(C(=O)O)C(=O)O)c1noc2cc(OCc3cccc(Cl)c3)ccc12. The summed E-state index contributed by atoms with van der Waals surface area (Å²) in [5.74, 6) is -3.94.